The van der Waals surface area contributed by atoms with Crippen LogP contribution in [-0.4, -0.2) is 82.9 Å². The lowest BCUT2D eigenvalue weighted by molar-refractivity contribution is 0.0944. The summed E-state index contributed by atoms with van der Waals surface area (Å²) in [6, 6.07) is 44.8. The van der Waals surface area contributed by atoms with Crippen LogP contribution in [0.5, 0.6) is 40.2 Å². The summed E-state index contributed by atoms with van der Waals surface area (Å²) in [6.07, 6.45) is 2.62. The van der Waals surface area contributed by atoms with Crippen molar-refractivity contribution in [2.75, 3.05) is 20.8 Å². The van der Waals surface area contributed by atoms with Crippen molar-refractivity contribution in [2.24, 2.45) is 10.8 Å². The number of nitrogens with one attached hydrogen (secondary N) is 3. The molecule has 9 aromatic carbocycles. The van der Waals surface area contributed by atoms with Crippen LogP contribution in [0.4, 0.5) is 5.69 Å². The highest BCUT2D eigenvalue weighted by molar-refractivity contribution is 7.80. The largest absolute Gasteiger partial charge is 0.508 e. The number of H-pyrrole nitrogens is 1. The number of hydrazine groups is 1. The number of benzene rings is 9. The first-order valence-electron chi connectivity index (χ1n) is 27.0. The number of methoxy groups -OCH3 is 2. The first-order chi connectivity index (χ1) is 40.9. The third-order valence-corrected chi connectivity index (χ3v) is 14.8. The standard InChI is InChI=1S/C24H25NO2S.C21H19N3O3S.C12H9NOS.C9H12N2O3.CH4.H3N.H3P/c1-4-17-13-22(23(26)11-16(17)3)24(27)25-14-19(28)12-18-10-9-15(2)20-7-5-6-8-21(18)20;1-3-12-10-15(18(26)11-17(12)25)20-22-23-21(28)24(20)16-8-9-19(27-2)14-7-5-4-6-13(14)16;1-14-12-7-6-11(13-8-15)9-4-2-3-5-10(9)12;1-2-5-3-6(9(14)11-10)8(13)4-7(5)12;;;/h5-11,13,26H,4,12,14H2,1-3H3,(H,25,27);4-11,25-26H,3H2,1-2H3,(H,23,28);2-7H,1H3;3-4,12-13H,2,10H2,1H3,(H,11,14);1H4;2*1H3. The number of thiocarbonyl (C=S) groups is 2. The number of phenols is 5. The number of rotatable bonds is 14. The van der Waals surface area contributed by atoms with E-state index in [4.69, 9.17) is 39.8 Å². The zero-order chi connectivity index (χ0) is 61.5. The van der Waals surface area contributed by atoms with Crippen LogP contribution in [0.3, 0.4) is 0 Å². The first kappa shape index (κ1) is 71.4. The lowest BCUT2D eigenvalue weighted by Crippen LogP contribution is -2.30. The molecule has 10 rings (SSSR count). The molecule has 2 amide bonds. The number of aryl methyl sites for hydroxylation is 5. The Hall–Kier alpha value is -9.10. The van der Waals surface area contributed by atoms with E-state index in [0.717, 1.165) is 78.5 Å². The number of hydrogen-bond acceptors (Lipinski definition) is 16. The number of aliphatic imine (C=N–C) groups is 1. The van der Waals surface area contributed by atoms with Crippen LogP contribution in [0.1, 0.15) is 82.3 Å². The molecule has 0 bridgehead atoms. The van der Waals surface area contributed by atoms with Gasteiger partial charge >= 0.3 is 0 Å². The number of hydrogen-bond donors (Lipinski definition) is 10. The van der Waals surface area contributed by atoms with Crippen molar-refractivity contribution in [3.63, 3.8) is 0 Å². The van der Waals surface area contributed by atoms with Gasteiger partial charge in [0.15, 0.2) is 10.6 Å². The van der Waals surface area contributed by atoms with E-state index in [0.29, 0.717) is 58.7 Å². The van der Waals surface area contributed by atoms with Crippen molar-refractivity contribution < 1.29 is 44.6 Å². The molecule has 0 aliphatic heterocycles. The van der Waals surface area contributed by atoms with Gasteiger partial charge in [-0.2, -0.15) is 20.0 Å². The van der Waals surface area contributed by atoms with Gasteiger partial charge in [-0.05, 0) is 150 Å². The number of aromatic amines is 1. The molecule has 1 unspecified atom stereocenters. The maximum atomic E-state index is 12.5. The molecule has 460 valence electrons. The summed E-state index contributed by atoms with van der Waals surface area (Å²) in [6.45, 7) is 10.1. The Morgan fingerprint density at radius 3 is 1.73 bits per heavy atom. The van der Waals surface area contributed by atoms with Gasteiger partial charge in [0.25, 0.3) is 11.8 Å². The summed E-state index contributed by atoms with van der Waals surface area (Å²) >= 11 is 15.6. The number of phenolic OH excluding ortho intramolecular Hbond substituents is 5. The van der Waals surface area contributed by atoms with Crippen LogP contribution in [0.25, 0.3) is 49.4 Å². The molecule has 0 spiro atoms. The van der Waals surface area contributed by atoms with Gasteiger partial charge in [0.2, 0.25) is 0 Å². The number of amides is 2. The first-order valence-corrected chi connectivity index (χ1v) is 28.2. The fraction of sp³-hybridized carbons (Fsp3) is 0.194. The van der Waals surface area contributed by atoms with Gasteiger partial charge in [-0.3, -0.25) is 24.7 Å². The number of fused-ring (bicyclic) bond motifs is 3. The molecule has 0 saturated carbocycles. The summed E-state index contributed by atoms with van der Waals surface area (Å²) in [7, 11) is 3.29. The maximum absolute atomic E-state index is 12.5. The normalized spacial score (nSPS) is 10.2. The van der Waals surface area contributed by atoms with E-state index < -0.39 is 5.91 Å². The van der Waals surface area contributed by atoms with Gasteiger partial charge in [0, 0.05) is 51.5 Å². The minimum absolute atomic E-state index is 0. The molecule has 0 saturated heterocycles. The summed E-state index contributed by atoms with van der Waals surface area (Å²) in [5.74, 6) is 5.78. The number of aromatic nitrogens is 3. The average Bonchev–Trinajstić information content (AvgIpc) is 1.74. The zero-order valence-electron chi connectivity index (χ0n) is 49.3. The Labute approximate surface area is 531 Å². The van der Waals surface area contributed by atoms with Gasteiger partial charge in [-0.1, -0.05) is 125 Å². The van der Waals surface area contributed by atoms with Gasteiger partial charge in [-0.15, -0.1) is 0 Å². The molecule has 0 aliphatic carbocycles. The Morgan fingerprint density at radius 1 is 0.625 bits per heavy atom. The molecule has 17 nitrogen and oxygen atoms in total. The molecule has 13 N–H and O–H groups in total. The minimum atomic E-state index is -0.586. The molecular weight excluding hydrogens is 1190 g/mol. The highest BCUT2D eigenvalue weighted by Gasteiger charge is 2.20. The molecule has 0 fully saturated rings. The van der Waals surface area contributed by atoms with Gasteiger partial charge in [-0.25, -0.2) is 5.84 Å². The summed E-state index contributed by atoms with van der Waals surface area (Å²) in [4.78, 5) is 28.4. The van der Waals surface area contributed by atoms with Crippen LogP contribution in [0.2, 0.25) is 0 Å². The van der Waals surface area contributed by atoms with E-state index in [9.17, 15) is 35.1 Å². The predicted molar refractivity (Wildman–Crippen MR) is 369 cm³/mol. The third kappa shape index (κ3) is 16.5. The SMILES string of the molecule is C.CCc1cc(-c2n[nH]c(=S)n2-c2ccc(OC)c3ccccc23)c(O)cc1O.CCc1cc(C(=O)NCC(=S)Cc2ccc(C)c3ccccc23)c(O)cc1C.CCc1cc(C(=O)NN)c(O)cc1O.COc1ccc(N=C=S)c2ccccc12.N.P. The molecule has 10 aromatic rings. The Bertz CT molecular complexity index is 4240. The number of aromatic hydroxyl groups is 5. The predicted octanol–water partition coefficient (Wildman–Crippen LogP) is 14.5. The van der Waals surface area contributed by atoms with E-state index in [2.05, 4.69) is 69.1 Å². The van der Waals surface area contributed by atoms with Crippen molar-refractivity contribution in [3.8, 4) is 57.3 Å². The fourth-order valence-electron chi connectivity index (χ4n) is 9.67. The second-order valence-electron chi connectivity index (χ2n) is 19.4. The van der Waals surface area contributed by atoms with Gasteiger partial charge in [0.05, 0.1) is 47.4 Å². The van der Waals surface area contributed by atoms with Crippen LogP contribution < -0.4 is 32.2 Å². The minimum Gasteiger partial charge on any atom is -0.508 e. The molecule has 0 radical (unpaired) electrons. The Morgan fingerprint density at radius 2 is 1.14 bits per heavy atom. The monoisotopic (exact) mass is 1260 g/mol. The number of nitrogens with zero attached hydrogens (tertiary/aromatic N) is 3. The number of carbonyl (C=O) groups is 2. The highest BCUT2D eigenvalue weighted by Crippen LogP contribution is 2.38. The topological polar surface area (TPSA) is 285 Å². The Balaban J connectivity index is 0.000000259. The number of ether oxygens (including phenoxy) is 2. The summed E-state index contributed by atoms with van der Waals surface area (Å²) in [5, 5.41) is 68.1. The van der Waals surface area contributed by atoms with E-state index in [1.165, 1.54) is 28.5 Å². The lowest BCUT2D eigenvalue weighted by atomic mass is 9.97. The van der Waals surface area contributed by atoms with E-state index in [1.807, 2.05) is 118 Å². The van der Waals surface area contributed by atoms with E-state index in [1.54, 1.807) is 37.0 Å². The zero-order valence-corrected chi connectivity index (χ0v) is 53.2. The molecule has 1 heterocycles. The van der Waals surface area contributed by atoms with Crippen molar-refractivity contribution in [3.05, 3.63) is 195 Å². The van der Waals surface area contributed by atoms with Crippen molar-refractivity contribution in [1.82, 2.24) is 31.7 Å². The van der Waals surface area contributed by atoms with Crippen LogP contribution >= 0.6 is 46.6 Å². The van der Waals surface area contributed by atoms with Crippen LogP contribution in [-0.2, 0) is 25.7 Å². The molecule has 21 heteroatoms. The van der Waals surface area contributed by atoms with E-state index in [-0.39, 0.29) is 63.7 Å². The highest BCUT2D eigenvalue weighted by atomic mass is 32.1. The summed E-state index contributed by atoms with van der Waals surface area (Å²) < 4.78 is 12.9. The second kappa shape index (κ2) is 33.1. The number of isothiocyanates is 1. The molecule has 1 atom stereocenters. The molecule has 88 heavy (non-hydrogen) atoms. The van der Waals surface area contributed by atoms with Crippen LogP contribution in [0.15, 0.2) is 151 Å². The van der Waals surface area contributed by atoms with Crippen molar-refractivity contribution in [1.29, 1.82) is 0 Å². The molecular formula is C67H75N8O9PS3. The molecule has 1 aromatic heterocycles. The fourth-order valence-corrected chi connectivity index (χ4v) is 10.2. The van der Waals surface area contributed by atoms with Crippen LogP contribution in [0, 0.1) is 18.6 Å². The molecule has 0 aliphatic rings. The van der Waals surface area contributed by atoms with Gasteiger partial charge in [0.1, 0.15) is 40.2 Å². The van der Waals surface area contributed by atoms with E-state index >= 15 is 0 Å². The van der Waals surface area contributed by atoms with Crippen molar-refractivity contribution >= 4 is 106 Å². The number of nitrogens with two attached hydrogens (primary N) is 1. The third-order valence-electron chi connectivity index (χ3n) is 14.2. The van der Waals surface area contributed by atoms with Crippen molar-refractivity contribution in [2.45, 2.75) is 67.7 Å². The maximum Gasteiger partial charge on any atom is 0.268 e. The Kier molecular flexibility index (Phi) is 26.9. The summed E-state index contributed by atoms with van der Waals surface area (Å²) in [5.41, 5.74) is 10.1. The smallest absolute Gasteiger partial charge is 0.268 e. The quantitative estimate of drug-likeness (QED) is 0.0121. The number of nitrogen functional groups attached to an aromatic ring is 1. The lowest BCUT2D eigenvalue weighted by Gasteiger charge is -2.14. The number of carbonyl (C=O) groups excluding carboxylic acids is 2. The average molecular weight is 1260 g/mol. The second-order valence-corrected chi connectivity index (χ2v) is 20.5. The van der Waals surface area contributed by atoms with Gasteiger partial charge < -0.3 is 46.5 Å².